The number of nitrogens with one attached hydrogen (secondary N) is 1. The summed E-state index contributed by atoms with van der Waals surface area (Å²) >= 11 is 0. The van der Waals surface area contributed by atoms with Crippen LogP contribution in [0.2, 0.25) is 0 Å². The van der Waals surface area contributed by atoms with Crippen molar-refractivity contribution in [1.29, 1.82) is 0 Å². The number of carbonyl (C=O) groups is 1. The van der Waals surface area contributed by atoms with Crippen molar-refractivity contribution >= 4 is 11.7 Å². The molecule has 1 aliphatic carbocycles. The molecule has 7 nitrogen and oxygen atoms in total. The number of hydrogen-bond donors (Lipinski definition) is 1. The standard InChI is InChI=1S/C27H30N4O3/c1-6-34-21-12-11-17(13-22(21)33-5)24-23-19(14-27(3,4)15-20(23)32)28-26-29-25(30-31(24)26)18-10-8-7-9-16(18)2/h7-13,24H,6,14-15H2,1-5H3,(H,28,29,30). The number of nitrogens with zero attached hydrogens (tertiary/aromatic N) is 3. The van der Waals surface area contributed by atoms with Crippen molar-refractivity contribution in [3.63, 3.8) is 0 Å². The van der Waals surface area contributed by atoms with Crippen LogP contribution in [0.4, 0.5) is 5.95 Å². The first-order valence-electron chi connectivity index (χ1n) is 11.7. The maximum absolute atomic E-state index is 13.5. The van der Waals surface area contributed by atoms with Crippen molar-refractivity contribution < 1.29 is 14.3 Å². The summed E-state index contributed by atoms with van der Waals surface area (Å²) in [5.74, 6) is 2.71. The Labute approximate surface area is 199 Å². The summed E-state index contributed by atoms with van der Waals surface area (Å²) in [6, 6.07) is 13.5. The molecule has 0 spiro atoms. The van der Waals surface area contributed by atoms with Gasteiger partial charge in [-0.2, -0.15) is 4.98 Å². The van der Waals surface area contributed by atoms with Gasteiger partial charge in [0.1, 0.15) is 6.04 Å². The Bertz CT molecular complexity index is 1300. The number of benzene rings is 2. The van der Waals surface area contributed by atoms with Gasteiger partial charge in [0.25, 0.3) is 0 Å². The first kappa shape index (κ1) is 22.2. The van der Waals surface area contributed by atoms with Crippen LogP contribution in [0.3, 0.4) is 0 Å². The average molecular weight is 459 g/mol. The Morgan fingerprint density at radius 3 is 2.68 bits per heavy atom. The minimum Gasteiger partial charge on any atom is -0.493 e. The van der Waals surface area contributed by atoms with Gasteiger partial charge in [0.15, 0.2) is 23.1 Å². The summed E-state index contributed by atoms with van der Waals surface area (Å²) in [6.07, 6.45) is 1.26. The molecular weight excluding hydrogens is 428 g/mol. The second-order valence-electron chi connectivity index (χ2n) is 9.72. The lowest BCUT2D eigenvalue weighted by Crippen LogP contribution is -2.36. The normalized spacial score (nSPS) is 18.7. The molecule has 7 heteroatoms. The fraction of sp³-hybridized carbons (Fsp3) is 0.370. The van der Waals surface area contributed by atoms with Crippen molar-refractivity contribution in [3.05, 3.63) is 64.9 Å². The van der Waals surface area contributed by atoms with E-state index in [1.807, 2.05) is 61.0 Å². The summed E-state index contributed by atoms with van der Waals surface area (Å²) in [7, 11) is 1.63. The molecule has 3 aromatic rings. The van der Waals surface area contributed by atoms with Gasteiger partial charge in [-0.3, -0.25) is 4.79 Å². The van der Waals surface area contributed by atoms with Gasteiger partial charge in [0.2, 0.25) is 5.95 Å². The highest BCUT2D eigenvalue weighted by atomic mass is 16.5. The molecular formula is C27H30N4O3. The first-order valence-corrected chi connectivity index (χ1v) is 11.7. The van der Waals surface area contributed by atoms with Crippen LogP contribution in [-0.2, 0) is 4.79 Å². The van der Waals surface area contributed by atoms with Crippen LogP contribution in [-0.4, -0.2) is 34.3 Å². The average Bonchev–Trinajstić information content (AvgIpc) is 3.21. The third-order valence-corrected chi connectivity index (χ3v) is 6.52. The number of ketones is 1. The number of ether oxygens (including phenoxy) is 2. The number of allylic oxidation sites excluding steroid dienone is 2. The summed E-state index contributed by atoms with van der Waals surface area (Å²) in [5, 5.41) is 8.35. The van der Waals surface area contributed by atoms with Crippen molar-refractivity contribution in [1.82, 2.24) is 14.8 Å². The van der Waals surface area contributed by atoms with E-state index < -0.39 is 6.04 Å². The quantitative estimate of drug-likeness (QED) is 0.558. The minimum absolute atomic E-state index is 0.120. The number of carbonyl (C=O) groups excluding carboxylic acids is 1. The van der Waals surface area contributed by atoms with E-state index in [0.29, 0.717) is 36.3 Å². The van der Waals surface area contributed by atoms with Crippen LogP contribution >= 0.6 is 0 Å². The molecule has 34 heavy (non-hydrogen) atoms. The maximum atomic E-state index is 13.5. The van der Waals surface area contributed by atoms with Crippen LogP contribution in [0, 0.1) is 12.3 Å². The van der Waals surface area contributed by atoms with Crippen molar-refractivity contribution in [2.75, 3.05) is 19.0 Å². The highest BCUT2D eigenvalue weighted by molar-refractivity contribution is 6.00. The Morgan fingerprint density at radius 1 is 1.15 bits per heavy atom. The summed E-state index contributed by atoms with van der Waals surface area (Å²) in [5.41, 5.74) is 4.53. The third kappa shape index (κ3) is 3.75. The Hall–Kier alpha value is -3.61. The Morgan fingerprint density at radius 2 is 1.94 bits per heavy atom. The van der Waals surface area contributed by atoms with E-state index >= 15 is 0 Å². The van der Waals surface area contributed by atoms with E-state index in [2.05, 4.69) is 19.2 Å². The topological polar surface area (TPSA) is 78.3 Å². The lowest BCUT2D eigenvalue weighted by molar-refractivity contribution is -0.118. The third-order valence-electron chi connectivity index (χ3n) is 6.52. The van der Waals surface area contributed by atoms with Gasteiger partial charge in [-0.1, -0.05) is 44.2 Å². The number of aryl methyl sites for hydroxylation is 1. The van der Waals surface area contributed by atoms with Crippen LogP contribution in [0.1, 0.15) is 50.8 Å². The van der Waals surface area contributed by atoms with E-state index in [4.69, 9.17) is 19.6 Å². The fourth-order valence-corrected chi connectivity index (χ4v) is 4.98. The largest absolute Gasteiger partial charge is 0.493 e. The molecule has 0 saturated heterocycles. The van der Waals surface area contributed by atoms with Crippen molar-refractivity contribution in [2.45, 2.75) is 46.6 Å². The van der Waals surface area contributed by atoms with Crippen LogP contribution in [0.5, 0.6) is 11.5 Å². The van der Waals surface area contributed by atoms with E-state index in [1.54, 1.807) is 7.11 Å². The zero-order chi connectivity index (χ0) is 24.0. The minimum atomic E-state index is -0.398. The SMILES string of the molecule is CCOc1ccc(C2C3=C(CC(C)(C)CC3=O)Nc3nc(-c4ccccc4C)nn32)cc1OC. The molecule has 2 heterocycles. The molecule has 1 aromatic heterocycles. The molecule has 0 radical (unpaired) electrons. The number of fused-ring (bicyclic) bond motifs is 1. The number of hydrogen-bond acceptors (Lipinski definition) is 6. The molecule has 2 aromatic carbocycles. The summed E-state index contributed by atoms with van der Waals surface area (Å²) < 4.78 is 13.2. The first-order chi connectivity index (χ1) is 16.3. The molecule has 1 unspecified atom stereocenters. The monoisotopic (exact) mass is 458 g/mol. The van der Waals surface area contributed by atoms with Crippen LogP contribution < -0.4 is 14.8 Å². The lowest BCUT2D eigenvalue weighted by Gasteiger charge is -2.38. The molecule has 1 aliphatic heterocycles. The predicted molar refractivity (Wildman–Crippen MR) is 131 cm³/mol. The molecule has 1 N–H and O–H groups in total. The number of aromatic nitrogens is 3. The molecule has 176 valence electrons. The van der Waals surface area contributed by atoms with Gasteiger partial charge in [-0.15, -0.1) is 5.10 Å². The maximum Gasteiger partial charge on any atom is 0.226 e. The number of rotatable bonds is 5. The van der Waals surface area contributed by atoms with Gasteiger partial charge < -0.3 is 14.8 Å². The van der Waals surface area contributed by atoms with E-state index in [9.17, 15) is 4.79 Å². The van der Waals surface area contributed by atoms with Gasteiger partial charge in [0, 0.05) is 23.3 Å². The second-order valence-corrected chi connectivity index (χ2v) is 9.72. The fourth-order valence-electron chi connectivity index (χ4n) is 4.98. The van der Waals surface area contributed by atoms with Crippen molar-refractivity contribution in [3.8, 4) is 22.9 Å². The molecule has 2 aliphatic rings. The molecule has 5 rings (SSSR count). The van der Waals surface area contributed by atoms with E-state index in [-0.39, 0.29) is 11.2 Å². The molecule has 0 fully saturated rings. The molecule has 1 atom stereocenters. The second kappa shape index (κ2) is 8.31. The van der Waals surface area contributed by atoms with E-state index in [0.717, 1.165) is 34.4 Å². The number of Topliss-reactive ketones (excluding diaryl/α,β-unsaturated/α-hetero) is 1. The van der Waals surface area contributed by atoms with Gasteiger partial charge in [0.05, 0.1) is 13.7 Å². The van der Waals surface area contributed by atoms with Gasteiger partial charge >= 0.3 is 0 Å². The number of methoxy groups -OCH3 is 1. The highest BCUT2D eigenvalue weighted by Crippen LogP contribution is 2.46. The van der Waals surface area contributed by atoms with Crippen LogP contribution in [0.15, 0.2) is 53.7 Å². The Kier molecular flexibility index (Phi) is 5.42. The molecule has 0 saturated carbocycles. The summed E-state index contributed by atoms with van der Waals surface area (Å²) in [4.78, 5) is 18.3. The van der Waals surface area contributed by atoms with Crippen LogP contribution in [0.25, 0.3) is 11.4 Å². The molecule has 0 amide bonds. The van der Waals surface area contributed by atoms with E-state index in [1.165, 1.54) is 0 Å². The zero-order valence-electron chi connectivity index (χ0n) is 20.3. The smallest absolute Gasteiger partial charge is 0.226 e. The zero-order valence-corrected chi connectivity index (χ0v) is 20.3. The summed E-state index contributed by atoms with van der Waals surface area (Å²) in [6.45, 7) is 8.78. The Balaban J connectivity index is 1.69. The highest BCUT2D eigenvalue weighted by Gasteiger charge is 2.42. The van der Waals surface area contributed by atoms with Gasteiger partial charge in [-0.25, -0.2) is 4.68 Å². The molecule has 0 bridgehead atoms. The predicted octanol–water partition coefficient (Wildman–Crippen LogP) is 5.32. The van der Waals surface area contributed by atoms with Crippen molar-refractivity contribution in [2.24, 2.45) is 5.41 Å². The lowest BCUT2D eigenvalue weighted by atomic mass is 9.73. The van der Waals surface area contributed by atoms with Gasteiger partial charge in [-0.05, 0) is 48.9 Å². The number of anilines is 1.